The number of hydrogen-bond acceptors (Lipinski definition) is 8. The summed E-state index contributed by atoms with van der Waals surface area (Å²) in [6.07, 6.45) is -3.21. The van der Waals surface area contributed by atoms with Crippen LogP contribution in [0.3, 0.4) is 0 Å². The third kappa shape index (κ3) is 6.41. The molecule has 3 aromatic heterocycles. The predicted octanol–water partition coefficient (Wildman–Crippen LogP) is 5.04. The van der Waals surface area contributed by atoms with E-state index in [1.54, 1.807) is 26.0 Å². The molecule has 208 valence electrons. The summed E-state index contributed by atoms with van der Waals surface area (Å²) in [4.78, 5) is 30.0. The summed E-state index contributed by atoms with van der Waals surface area (Å²) in [6, 6.07) is 4.57. The van der Waals surface area contributed by atoms with E-state index in [9.17, 15) is 22.4 Å². The number of ether oxygens (including phenoxy) is 1. The van der Waals surface area contributed by atoms with E-state index in [-0.39, 0.29) is 37.1 Å². The highest BCUT2D eigenvalue weighted by atomic mass is 19.4. The van der Waals surface area contributed by atoms with Crippen molar-refractivity contribution in [2.45, 2.75) is 58.0 Å². The Bertz CT molecular complexity index is 1340. The monoisotopic (exact) mass is 548 g/mol. The van der Waals surface area contributed by atoms with Crippen molar-refractivity contribution in [3.63, 3.8) is 0 Å². The first-order valence-corrected chi connectivity index (χ1v) is 12.3. The van der Waals surface area contributed by atoms with Gasteiger partial charge in [-0.25, -0.2) is 19.2 Å². The number of anilines is 2. The number of halogens is 4. The van der Waals surface area contributed by atoms with Crippen LogP contribution >= 0.6 is 0 Å². The molecule has 13 heteroatoms. The molecule has 1 saturated heterocycles. The third-order valence-corrected chi connectivity index (χ3v) is 6.32. The molecule has 0 radical (unpaired) electrons. The number of rotatable bonds is 9. The molecule has 9 nitrogen and oxygen atoms in total. The summed E-state index contributed by atoms with van der Waals surface area (Å²) in [5.41, 5.74) is 1.33. The Morgan fingerprint density at radius 2 is 1.97 bits per heavy atom. The van der Waals surface area contributed by atoms with Gasteiger partial charge in [-0.2, -0.15) is 18.2 Å². The molecule has 1 fully saturated rings. The Kier molecular flexibility index (Phi) is 8.28. The summed E-state index contributed by atoms with van der Waals surface area (Å²) in [5, 5.41) is 12.2. The zero-order valence-corrected chi connectivity index (χ0v) is 21.5. The molecule has 39 heavy (non-hydrogen) atoms. The zero-order chi connectivity index (χ0) is 28.3. The molecular weight excluding hydrogens is 520 g/mol. The van der Waals surface area contributed by atoms with Gasteiger partial charge in [-0.1, -0.05) is 0 Å². The molecule has 4 heterocycles. The number of aliphatic hydroxyl groups excluding tert-OH is 1. The lowest BCUT2D eigenvalue weighted by atomic mass is 9.99. The highest BCUT2D eigenvalue weighted by molar-refractivity contribution is 5.89. The lowest BCUT2D eigenvalue weighted by molar-refractivity contribution is -0.141. The lowest BCUT2D eigenvalue weighted by Crippen LogP contribution is -2.39. The number of pyridine rings is 2. The maximum Gasteiger partial charge on any atom is 0.433 e. The van der Waals surface area contributed by atoms with Crippen LogP contribution in [0, 0.1) is 6.92 Å². The summed E-state index contributed by atoms with van der Waals surface area (Å²) in [7, 11) is 0. The van der Waals surface area contributed by atoms with Crippen LogP contribution in [0.1, 0.15) is 49.0 Å². The Labute approximate surface area is 222 Å². The van der Waals surface area contributed by atoms with Gasteiger partial charge in [0.2, 0.25) is 5.95 Å². The quantitative estimate of drug-likeness (QED) is 0.358. The van der Waals surface area contributed by atoms with Crippen LogP contribution in [-0.4, -0.2) is 56.6 Å². The number of cyclic esters (lactones) is 1. The smallest absolute Gasteiger partial charge is 0.433 e. The molecule has 0 aliphatic carbocycles. The maximum absolute atomic E-state index is 14.0. The van der Waals surface area contributed by atoms with E-state index in [2.05, 4.69) is 25.3 Å². The third-order valence-electron chi connectivity index (χ3n) is 6.32. The highest BCUT2D eigenvalue weighted by Gasteiger charge is 2.39. The first-order chi connectivity index (χ1) is 18.5. The fourth-order valence-corrected chi connectivity index (χ4v) is 4.25. The van der Waals surface area contributed by atoms with Crippen molar-refractivity contribution < 1.29 is 32.2 Å². The largest absolute Gasteiger partial charge is 0.447 e. The number of nitrogens with one attached hydrogen (secondary N) is 1. The molecule has 0 saturated carbocycles. The van der Waals surface area contributed by atoms with Crippen molar-refractivity contribution in [2.75, 3.05) is 23.4 Å². The second kappa shape index (κ2) is 11.5. The Hall–Kier alpha value is -3.87. The first-order valence-electron chi connectivity index (χ1n) is 12.3. The summed E-state index contributed by atoms with van der Waals surface area (Å²) in [5.74, 6) is 0.359. The number of aryl methyl sites for hydroxylation is 2. The van der Waals surface area contributed by atoms with E-state index in [1.807, 2.05) is 0 Å². The fourth-order valence-electron chi connectivity index (χ4n) is 4.25. The van der Waals surface area contributed by atoms with E-state index in [4.69, 9.17) is 9.84 Å². The van der Waals surface area contributed by atoms with Crippen LogP contribution in [-0.2, 0) is 17.3 Å². The van der Waals surface area contributed by atoms with E-state index in [1.165, 1.54) is 25.4 Å². The average molecular weight is 549 g/mol. The topological polar surface area (TPSA) is 113 Å². The summed E-state index contributed by atoms with van der Waals surface area (Å²) < 4.78 is 59.4. The van der Waals surface area contributed by atoms with Gasteiger partial charge in [0.15, 0.2) is 0 Å². The van der Waals surface area contributed by atoms with Gasteiger partial charge in [0, 0.05) is 30.3 Å². The SMILES string of the molecule is Cc1cc([C@H](C)Nc2nccc(N3C(=O)OC[C@@H]3[C@H](C)F)n2)ncc1-c1cc(CCCO)nc(C(F)(F)F)c1. The van der Waals surface area contributed by atoms with Crippen LogP contribution < -0.4 is 10.2 Å². The van der Waals surface area contributed by atoms with Crippen LogP contribution in [0.4, 0.5) is 34.1 Å². The van der Waals surface area contributed by atoms with E-state index >= 15 is 0 Å². The Balaban J connectivity index is 1.56. The fraction of sp³-hybridized carbons (Fsp3) is 0.423. The number of alkyl halides is 4. The molecule has 4 rings (SSSR count). The predicted molar refractivity (Wildman–Crippen MR) is 135 cm³/mol. The molecule has 2 N–H and O–H groups in total. The molecule has 0 aromatic carbocycles. The van der Waals surface area contributed by atoms with Crippen molar-refractivity contribution in [3.05, 3.63) is 59.3 Å². The molecule has 0 spiro atoms. The molecule has 1 amide bonds. The van der Waals surface area contributed by atoms with Crippen LogP contribution in [0.2, 0.25) is 0 Å². The number of nitrogens with zero attached hydrogens (tertiary/aromatic N) is 5. The van der Waals surface area contributed by atoms with Crippen molar-refractivity contribution in [1.29, 1.82) is 0 Å². The van der Waals surface area contributed by atoms with Crippen molar-refractivity contribution in [2.24, 2.45) is 0 Å². The average Bonchev–Trinajstić information content (AvgIpc) is 3.28. The van der Waals surface area contributed by atoms with Crippen LogP contribution in [0.5, 0.6) is 0 Å². The molecular formula is C26H28F4N6O3. The number of aromatic nitrogens is 4. The van der Waals surface area contributed by atoms with Gasteiger partial charge in [-0.3, -0.25) is 9.88 Å². The zero-order valence-electron chi connectivity index (χ0n) is 21.5. The molecule has 0 bridgehead atoms. The molecule has 1 aliphatic rings. The van der Waals surface area contributed by atoms with Gasteiger partial charge < -0.3 is 15.2 Å². The van der Waals surface area contributed by atoms with Crippen molar-refractivity contribution in [3.8, 4) is 11.1 Å². The van der Waals surface area contributed by atoms with Gasteiger partial charge in [-0.15, -0.1) is 0 Å². The lowest BCUT2D eigenvalue weighted by Gasteiger charge is -2.22. The standard InChI is InChI=1S/C26H28F4N6O3/c1-14-9-20(32-12-19(14)17-10-18(5-4-8-37)34-22(11-17)26(28,29)30)16(3)33-24-31-7-6-23(35-24)36-21(15(2)27)13-39-25(36)38/h6-7,9-12,15-16,21,37H,4-5,8,13H2,1-3H3,(H,31,33,35)/t15-,16-,21+/m0/s1. The molecule has 3 aromatic rings. The Morgan fingerprint density at radius 3 is 2.64 bits per heavy atom. The highest BCUT2D eigenvalue weighted by Crippen LogP contribution is 2.33. The molecule has 0 unspecified atom stereocenters. The van der Waals surface area contributed by atoms with Crippen LogP contribution in [0.15, 0.2) is 36.7 Å². The summed E-state index contributed by atoms with van der Waals surface area (Å²) in [6.45, 7) is 4.67. The number of aliphatic hydroxyl groups is 1. The number of hydrogen-bond donors (Lipinski definition) is 2. The maximum atomic E-state index is 14.0. The second-order valence-corrected chi connectivity index (χ2v) is 9.28. The number of carbonyl (C=O) groups is 1. The minimum absolute atomic E-state index is 0.0833. The van der Waals surface area contributed by atoms with Crippen molar-refractivity contribution in [1.82, 2.24) is 19.9 Å². The second-order valence-electron chi connectivity index (χ2n) is 9.28. The summed E-state index contributed by atoms with van der Waals surface area (Å²) >= 11 is 0. The van der Waals surface area contributed by atoms with Gasteiger partial charge in [0.05, 0.1) is 11.7 Å². The van der Waals surface area contributed by atoms with Gasteiger partial charge in [-0.05, 0) is 69.0 Å². The van der Waals surface area contributed by atoms with E-state index < -0.39 is 36.2 Å². The van der Waals surface area contributed by atoms with E-state index in [0.717, 1.165) is 11.0 Å². The molecule has 1 aliphatic heterocycles. The molecule has 3 atom stereocenters. The Morgan fingerprint density at radius 1 is 1.21 bits per heavy atom. The van der Waals surface area contributed by atoms with Crippen LogP contribution in [0.25, 0.3) is 11.1 Å². The van der Waals surface area contributed by atoms with Gasteiger partial charge in [0.25, 0.3) is 0 Å². The van der Waals surface area contributed by atoms with E-state index in [0.29, 0.717) is 28.8 Å². The first kappa shape index (κ1) is 28.1. The van der Waals surface area contributed by atoms with Crippen molar-refractivity contribution >= 4 is 17.9 Å². The normalized spacial score (nSPS) is 17.2. The van der Waals surface area contributed by atoms with Gasteiger partial charge in [0.1, 0.15) is 30.3 Å². The number of amides is 1. The number of carbonyl (C=O) groups excluding carboxylic acids is 1. The minimum Gasteiger partial charge on any atom is -0.447 e. The van der Waals surface area contributed by atoms with Gasteiger partial charge >= 0.3 is 12.3 Å². The minimum atomic E-state index is -4.62.